The summed E-state index contributed by atoms with van der Waals surface area (Å²) in [6, 6.07) is 11.0. The molecule has 2 aromatic rings. The standard InChI is InChI=1S/C20H23N3O2S/c1-14(2)26-17-7-5-16(6-8-17)23-18(24)20(3,4)22(19(23)25)13-15-9-11-21-12-10-15/h5-12,14H,13H2,1-4H3. The van der Waals surface area contributed by atoms with Crippen molar-refractivity contribution >= 4 is 29.4 Å². The smallest absolute Gasteiger partial charge is 0.305 e. The molecule has 1 saturated heterocycles. The van der Waals surface area contributed by atoms with Crippen LogP contribution < -0.4 is 4.90 Å². The number of amides is 3. The van der Waals surface area contributed by atoms with Gasteiger partial charge in [0.25, 0.3) is 5.91 Å². The number of urea groups is 1. The predicted octanol–water partition coefficient (Wildman–Crippen LogP) is 4.33. The van der Waals surface area contributed by atoms with Gasteiger partial charge in [0.05, 0.1) is 5.69 Å². The summed E-state index contributed by atoms with van der Waals surface area (Å²) in [5, 5.41) is 0.477. The Hall–Kier alpha value is -2.34. The summed E-state index contributed by atoms with van der Waals surface area (Å²) in [6.45, 7) is 8.21. The second kappa shape index (κ2) is 7.11. The lowest BCUT2D eigenvalue weighted by Crippen LogP contribution is -2.43. The number of benzene rings is 1. The maximum Gasteiger partial charge on any atom is 0.332 e. The number of hydrogen-bond donors (Lipinski definition) is 0. The molecule has 3 rings (SSSR count). The lowest BCUT2D eigenvalue weighted by atomic mass is 10.0. The van der Waals surface area contributed by atoms with Crippen LogP contribution in [0.25, 0.3) is 0 Å². The summed E-state index contributed by atoms with van der Waals surface area (Å²) in [5.41, 5.74) is 0.657. The summed E-state index contributed by atoms with van der Waals surface area (Å²) in [5.74, 6) is -0.208. The first-order chi connectivity index (χ1) is 12.3. The van der Waals surface area contributed by atoms with Crippen LogP contribution in [-0.4, -0.2) is 32.6 Å². The fourth-order valence-corrected chi connectivity index (χ4v) is 3.78. The molecule has 0 atom stereocenters. The molecular weight excluding hydrogens is 346 g/mol. The predicted molar refractivity (Wildman–Crippen MR) is 104 cm³/mol. The molecule has 0 aliphatic carbocycles. The van der Waals surface area contributed by atoms with E-state index < -0.39 is 5.54 Å². The first-order valence-electron chi connectivity index (χ1n) is 8.62. The van der Waals surface area contributed by atoms with E-state index in [1.54, 1.807) is 42.9 Å². The molecule has 0 radical (unpaired) electrons. The van der Waals surface area contributed by atoms with E-state index in [0.717, 1.165) is 10.5 Å². The molecule has 5 nitrogen and oxygen atoms in total. The molecular formula is C20H23N3O2S. The number of thioether (sulfide) groups is 1. The Balaban J connectivity index is 1.87. The quantitative estimate of drug-likeness (QED) is 0.581. The van der Waals surface area contributed by atoms with Crippen LogP contribution >= 0.6 is 11.8 Å². The highest BCUT2D eigenvalue weighted by Crippen LogP contribution is 2.34. The van der Waals surface area contributed by atoms with Gasteiger partial charge in [0, 0.05) is 29.1 Å². The third-order valence-corrected chi connectivity index (χ3v) is 5.40. The van der Waals surface area contributed by atoms with Gasteiger partial charge in [0.15, 0.2) is 0 Å². The lowest BCUT2D eigenvalue weighted by molar-refractivity contribution is -0.123. The van der Waals surface area contributed by atoms with Crippen LogP contribution in [0.4, 0.5) is 10.5 Å². The van der Waals surface area contributed by atoms with E-state index in [1.165, 1.54) is 4.90 Å². The Kier molecular flexibility index (Phi) is 5.05. The van der Waals surface area contributed by atoms with E-state index in [1.807, 2.05) is 36.4 Å². The van der Waals surface area contributed by atoms with Crippen molar-refractivity contribution in [3.63, 3.8) is 0 Å². The molecule has 1 aromatic carbocycles. The largest absolute Gasteiger partial charge is 0.332 e. The van der Waals surface area contributed by atoms with Crippen LogP contribution in [0.2, 0.25) is 0 Å². The molecule has 26 heavy (non-hydrogen) atoms. The Labute approximate surface area is 158 Å². The minimum atomic E-state index is -0.897. The second-order valence-corrected chi connectivity index (χ2v) is 8.73. The normalized spacial score (nSPS) is 16.7. The van der Waals surface area contributed by atoms with Gasteiger partial charge in [-0.2, -0.15) is 0 Å². The molecule has 3 amide bonds. The van der Waals surface area contributed by atoms with E-state index in [4.69, 9.17) is 0 Å². The van der Waals surface area contributed by atoms with Gasteiger partial charge in [-0.05, 0) is 55.8 Å². The number of nitrogens with zero attached hydrogens (tertiary/aromatic N) is 3. The summed E-state index contributed by atoms with van der Waals surface area (Å²) >= 11 is 1.75. The van der Waals surface area contributed by atoms with Gasteiger partial charge < -0.3 is 4.90 Å². The van der Waals surface area contributed by atoms with Crippen molar-refractivity contribution in [3.05, 3.63) is 54.4 Å². The van der Waals surface area contributed by atoms with Crippen molar-refractivity contribution in [1.82, 2.24) is 9.88 Å². The number of anilines is 1. The Morgan fingerprint density at radius 2 is 1.65 bits per heavy atom. The number of pyridine rings is 1. The van der Waals surface area contributed by atoms with Crippen LogP contribution in [0, 0.1) is 0 Å². The molecule has 1 aliphatic rings. The maximum atomic E-state index is 13.0. The van der Waals surface area contributed by atoms with E-state index in [9.17, 15) is 9.59 Å². The zero-order chi connectivity index (χ0) is 18.9. The zero-order valence-electron chi connectivity index (χ0n) is 15.5. The van der Waals surface area contributed by atoms with Crippen molar-refractivity contribution < 1.29 is 9.59 Å². The topological polar surface area (TPSA) is 53.5 Å². The molecule has 6 heteroatoms. The Morgan fingerprint density at radius 1 is 1.04 bits per heavy atom. The summed E-state index contributed by atoms with van der Waals surface area (Å²) in [4.78, 5) is 34.0. The van der Waals surface area contributed by atoms with E-state index in [0.29, 0.717) is 17.5 Å². The van der Waals surface area contributed by atoms with Crippen molar-refractivity contribution in [3.8, 4) is 0 Å². The van der Waals surface area contributed by atoms with Crippen LogP contribution in [-0.2, 0) is 11.3 Å². The van der Waals surface area contributed by atoms with Gasteiger partial charge in [-0.15, -0.1) is 11.8 Å². The molecule has 0 bridgehead atoms. The van der Waals surface area contributed by atoms with Gasteiger partial charge in [-0.3, -0.25) is 9.78 Å². The average Bonchev–Trinajstić information content (AvgIpc) is 2.76. The zero-order valence-corrected chi connectivity index (χ0v) is 16.3. The molecule has 136 valence electrons. The Morgan fingerprint density at radius 3 is 2.23 bits per heavy atom. The number of carbonyl (C=O) groups is 2. The van der Waals surface area contributed by atoms with Crippen molar-refractivity contribution in [2.75, 3.05) is 4.90 Å². The van der Waals surface area contributed by atoms with Gasteiger partial charge in [-0.25, -0.2) is 9.69 Å². The van der Waals surface area contributed by atoms with E-state index >= 15 is 0 Å². The number of carbonyl (C=O) groups excluding carboxylic acids is 2. The first kappa shape index (κ1) is 18.5. The summed E-state index contributed by atoms with van der Waals surface area (Å²) < 4.78 is 0. The van der Waals surface area contributed by atoms with Crippen molar-refractivity contribution in [2.45, 2.75) is 49.9 Å². The molecule has 0 N–H and O–H groups in total. The molecule has 1 aliphatic heterocycles. The summed E-state index contributed by atoms with van der Waals surface area (Å²) in [7, 11) is 0. The highest BCUT2D eigenvalue weighted by Gasteiger charge is 2.51. The lowest BCUT2D eigenvalue weighted by Gasteiger charge is -2.27. The molecule has 0 unspecified atom stereocenters. The van der Waals surface area contributed by atoms with Crippen LogP contribution in [0.15, 0.2) is 53.7 Å². The first-order valence-corrected chi connectivity index (χ1v) is 9.50. The number of rotatable bonds is 5. The van der Waals surface area contributed by atoms with Gasteiger partial charge in [0.1, 0.15) is 5.54 Å². The van der Waals surface area contributed by atoms with Crippen molar-refractivity contribution in [1.29, 1.82) is 0 Å². The third-order valence-electron chi connectivity index (χ3n) is 4.38. The van der Waals surface area contributed by atoms with Gasteiger partial charge >= 0.3 is 6.03 Å². The number of aromatic nitrogens is 1. The average molecular weight is 369 g/mol. The monoisotopic (exact) mass is 369 g/mol. The van der Waals surface area contributed by atoms with Crippen LogP contribution in [0.5, 0.6) is 0 Å². The molecule has 0 saturated carbocycles. The van der Waals surface area contributed by atoms with Crippen molar-refractivity contribution in [2.24, 2.45) is 0 Å². The van der Waals surface area contributed by atoms with Gasteiger partial charge in [0.2, 0.25) is 0 Å². The van der Waals surface area contributed by atoms with E-state index in [-0.39, 0.29) is 11.9 Å². The highest BCUT2D eigenvalue weighted by atomic mass is 32.2. The molecule has 1 fully saturated rings. The highest BCUT2D eigenvalue weighted by molar-refractivity contribution is 7.99. The summed E-state index contributed by atoms with van der Waals surface area (Å²) in [6.07, 6.45) is 3.38. The molecule has 1 aromatic heterocycles. The number of hydrogen-bond acceptors (Lipinski definition) is 4. The minimum absolute atomic E-state index is 0.208. The third kappa shape index (κ3) is 3.46. The fourth-order valence-electron chi connectivity index (χ4n) is 2.95. The van der Waals surface area contributed by atoms with E-state index in [2.05, 4.69) is 18.8 Å². The Bertz CT molecular complexity index is 804. The fraction of sp³-hybridized carbons (Fsp3) is 0.350. The molecule has 0 spiro atoms. The second-order valence-electron chi connectivity index (χ2n) is 7.08. The number of imide groups is 1. The SMILES string of the molecule is CC(C)Sc1ccc(N2C(=O)N(Cc3ccncc3)C(C)(C)C2=O)cc1. The maximum absolute atomic E-state index is 13.0. The minimum Gasteiger partial charge on any atom is -0.305 e. The molecule has 2 heterocycles. The van der Waals surface area contributed by atoms with Crippen LogP contribution in [0.3, 0.4) is 0 Å². The van der Waals surface area contributed by atoms with Crippen LogP contribution in [0.1, 0.15) is 33.3 Å². The van der Waals surface area contributed by atoms with Gasteiger partial charge in [-0.1, -0.05) is 13.8 Å².